The van der Waals surface area contributed by atoms with Crippen molar-refractivity contribution in [2.45, 2.75) is 19.4 Å². The first-order valence-electron chi connectivity index (χ1n) is 5.97. The van der Waals surface area contributed by atoms with E-state index in [1.54, 1.807) is 13.8 Å². The molecule has 2 rings (SSSR count). The zero-order valence-corrected chi connectivity index (χ0v) is 10.8. The number of amides is 2. The van der Waals surface area contributed by atoms with E-state index < -0.39 is 17.2 Å². The first kappa shape index (κ1) is 13.2. The zero-order valence-electron chi connectivity index (χ0n) is 10.8. The van der Waals surface area contributed by atoms with Crippen LogP contribution < -0.4 is 5.32 Å². The lowest BCUT2D eigenvalue weighted by Gasteiger charge is -2.41. The third-order valence-electron chi connectivity index (χ3n) is 3.34. The van der Waals surface area contributed by atoms with Gasteiger partial charge in [0.25, 0.3) is 5.91 Å². The fourth-order valence-corrected chi connectivity index (χ4v) is 2.10. The highest BCUT2D eigenvalue weighted by Gasteiger charge is 2.41. The molecule has 102 valence electrons. The third kappa shape index (κ3) is 2.09. The quantitative estimate of drug-likeness (QED) is 0.642. The van der Waals surface area contributed by atoms with Gasteiger partial charge in [-0.25, -0.2) is 0 Å². The first-order chi connectivity index (χ1) is 8.85. The summed E-state index contributed by atoms with van der Waals surface area (Å²) in [6.07, 6.45) is 0. The van der Waals surface area contributed by atoms with Gasteiger partial charge in [0.15, 0.2) is 11.5 Å². The van der Waals surface area contributed by atoms with Crippen LogP contribution in [0.25, 0.3) is 0 Å². The number of aromatic hydroxyl groups is 2. The summed E-state index contributed by atoms with van der Waals surface area (Å²) in [5.74, 6) is -1.54. The highest BCUT2D eigenvalue weighted by atomic mass is 16.3. The van der Waals surface area contributed by atoms with Crippen LogP contribution in [0.15, 0.2) is 18.2 Å². The Balaban J connectivity index is 2.38. The van der Waals surface area contributed by atoms with Crippen LogP contribution in [-0.2, 0) is 4.79 Å². The van der Waals surface area contributed by atoms with Gasteiger partial charge in [-0.15, -0.1) is 0 Å². The predicted molar refractivity (Wildman–Crippen MR) is 67.9 cm³/mol. The predicted octanol–water partition coefficient (Wildman–Crippen LogP) is 0.448. The summed E-state index contributed by atoms with van der Waals surface area (Å²) in [5.41, 5.74) is -1.00. The fourth-order valence-electron chi connectivity index (χ4n) is 2.10. The highest BCUT2D eigenvalue weighted by molar-refractivity contribution is 6.01. The van der Waals surface area contributed by atoms with Crippen molar-refractivity contribution in [2.24, 2.45) is 0 Å². The lowest BCUT2D eigenvalue weighted by Crippen LogP contribution is -2.63. The van der Waals surface area contributed by atoms with Gasteiger partial charge in [0.05, 0.1) is 5.56 Å². The van der Waals surface area contributed by atoms with E-state index in [-0.39, 0.29) is 17.2 Å². The molecule has 1 aromatic carbocycles. The van der Waals surface area contributed by atoms with E-state index in [0.29, 0.717) is 13.1 Å². The van der Waals surface area contributed by atoms with Crippen LogP contribution in [0.3, 0.4) is 0 Å². The van der Waals surface area contributed by atoms with Gasteiger partial charge in [-0.3, -0.25) is 9.59 Å². The van der Waals surface area contributed by atoms with Gasteiger partial charge in [-0.05, 0) is 26.0 Å². The van der Waals surface area contributed by atoms with Crippen LogP contribution in [-0.4, -0.2) is 45.6 Å². The summed E-state index contributed by atoms with van der Waals surface area (Å²) in [7, 11) is 0. The number of piperazine rings is 1. The molecule has 0 aliphatic carbocycles. The molecule has 0 saturated carbocycles. The summed E-state index contributed by atoms with van der Waals surface area (Å²) in [6.45, 7) is 4.00. The lowest BCUT2D eigenvalue weighted by molar-refractivity contribution is -0.133. The molecule has 0 unspecified atom stereocenters. The van der Waals surface area contributed by atoms with Crippen molar-refractivity contribution < 1.29 is 19.8 Å². The number of benzene rings is 1. The summed E-state index contributed by atoms with van der Waals surface area (Å²) in [5, 5.41) is 21.9. The van der Waals surface area contributed by atoms with Crippen LogP contribution in [0.2, 0.25) is 0 Å². The molecule has 19 heavy (non-hydrogen) atoms. The van der Waals surface area contributed by atoms with Crippen LogP contribution in [0.4, 0.5) is 0 Å². The van der Waals surface area contributed by atoms with Crippen LogP contribution in [0, 0.1) is 0 Å². The minimum absolute atomic E-state index is 0.0113. The van der Waals surface area contributed by atoms with Crippen molar-refractivity contribution in [3.05, 3.63) is 23.8 Å². The molecule has 1 heterocycles. The van der Waals surface area contributed by atoms with Gasteiger partial charge < -0.3 is 20.4 Å². The maximum Gasteiger partial charge on any atom is 0.258 e. The second-order valence-corrected chi connectivity index (χ2v) is 4.95. The topological polar surface area (TPSA) is 89.9 Å². The number of phenols is 2. The summed E-state index contributed by atoms with van der Waals surface area (Å²) < 4.78 is 0. The molecule has 0 radical (unpaired) electrons. The summed E-state index contributed by atoms with van der Waals surface area (Å²) >= 11 is 0. The second kappa shape index (κ2) is 4.46. The summed E-state index contributed by atoms with van der Waals surface area (Å²) in [4.78, 5) is 25.6. The van der Waals surface area contributed by atoms with Crippen molar-refractivity contribution >= 4 is 11.8 Å². The van der Waals surface area contributed by atoms with E-state index in [0.717, 1.165) is 0 Å². The van der Waals surface area contributed by atoms with E-state index in [1.807, 2.05) is 0 Å². The van der Waals surface area contributed by atoms with Crippen molar-refractivity contribution in [1.82, 2.24) is 10.2 Å². The summed E-state index contributed by atoms with van der Waals surface area (Å²) in [6, 6.07) is 4.18. The lowest BCUT2D eigenvalue weighted by atomic mass is 9.97. The van der Waals surface area contributed by atoms with Crippen molar-refractivity contribution in [3.8, 4) is 11.5 Å². The first-order valence-corrected chi connectivity index (χ1v) is 5.97. The van der Waals surface area contributed by atoms with Crippen LogP contribution >= 0.6 is 0 Å². The van der Waals surface area contributed by atoms with E-state index >= 15 is 0 Å². The molecule has 2 amide bonds. The Morgan fingerprint density at radius 3 is 2.74 bits per heavy atom. The molecule has 1 aliphatic heterocycles. The molecule has 6 nitrogen and oxygen atoms in total. The van der Waals surface area contributed by atoms with Crippen molar-refractivity contribution in [3.63, 3.8) is 0 Å². The normalized spacial score (nSPS) is 18.0. The molecule has 3 N–H and O–H groups in total. The minimum Gasteiger partial charge on any atom is -0.504 e. The van der Waals surface area contributed by atoms with Gasteiger partial charge >= 0.3 is 0 Å². The van der Waals surface area contributed by atoms with Gasteiger partial charge in [-0.2, -0.15) is 0 Å². The van der Waals surface area contributed by atoms with Crippen molar-refractivity contribution in [2.75, 3.05) is 13.1 Å². The molecular weight excluding hydrogens is 248 g/mol. The standard InChI is InChI=1S/C13H16N2O4/c1-13(2)12(19)14-6-7-15(13)11(18)8-4-3-5-9(16)10(8)17/h3-5,16-17H,6-7H2,1-2H3,(H,14,19). The fraction of sp³-hybridized carbons (Fsp3) is 0.385. The Morgan fingerprint density at radius 2 is 2.05 bits per heavy atom. The number of nitrogens with zero attached hydrogens (tertiary/aromatic N) is 1. The van der Waals surface area contributed by atoms with Crippen LogP contribution in [0.5, 0.6) is 11.5 Å². The zero-order chi connectivity index (χ0) is 14.2. The minimum atomic E-state index is -0.993. The number of hydrogen-bond donors (Lipinski definition) is 3. The second-order valence-electron chi connectivity index (χ2n) is 4.95. The average Bonchev–Trinajstić information content (AvgIpc) is 2.35. The molecular formula is C13H16N2O4. The molecule has 1 fully saturated rings. The van der Waals surface area contributed by atoms with E-state index in [2.05, 4.69) is 5.32 Å². The number of rotatable bonds is 1. The van der Waals surface area contributed by atoms with Crippen molar-refractivity contribution in [1.29, 1.82) is 0 Å². The molecule has 1 aromatic rings. The van der Waals surface area contributed by atoms with Gasteiger partial charge in [0, 0.05) is 13.1 Å². The maximum absolute atomic E-state index is 12.4. The Hall–Kier alpha value is -2.24. The molecule has 1 saturated heterocycles. The number of carbonyl (C=O) groups excluding carboxylic acids is 2. The molecule has 0 atom stereocenters. The van der Waals surface area contributed by atoms with E-state index in [4.69, 9.17) is 0 Å². The smallest absolute Gasteiger partial charge is 0.258 e. The number of hydrogen-bond acceptors (Lipinski definition) is 4. The maximum atomic E-state index is 12.4. The highest BCUT2D eigenvalue weighted by Crippen LogP contribution is 2.31. The molecule has 0 aromatic heterocycles. The van der Waals surface area contributed by atoms with Crippen LogP contribution in [0.1, 0.15) is 24.2 Å². The Morgan fingerprint density at radius 1 is 1.37 bits per heavy atom. The third-order valence-corrected chi connectivity index (χ3v) is 3.34. The molecule has 1 aliphatic rings. The van der Waals surface area contributed by atoms with E-state index in [1.165, 1.54) is 23.1 Å². The SMILES string of the molecule is CC1(C)C(=O)NCCN1C(=O)c1cccc(O)c1O. The largest absolute Gasteiger partial charge is 0.504 e. The molecule has 0 bridgehead atoms. The molecule has 0 spiro atoms. The van der Waals surface area contributed by atoms with Gasteiger partial charge in [0.1, 0.15) is 5.54 Å². The number of carbonyl (C=O) groups is 2. The van der Waals surface area contributed by atoms with Gasteiger partial charge in [-0.1, -0.05) is 6.07 Å². The Kier molecular flexibility index (Phi) is 3.09. The average molecular weight is 264 g/mol. The Labute approximate surface area is 110 Å². The van der Waals surface area contributed by atoms with E-state index in [9.17, 15) is 19.8 Å². The number of nitrogens with one attached hydrogen (secondary N) is 1. The monoisotopic (exact) mass is 264 g/mol. The number of phenolic OH excluding ortho intramolecular Hbond substituents is 2. The molecule has 6 heteroatoms. The van der Waals surface area contributed by atoms with Gasteiger partial charge in [0.2, 0.25) is 5.91 Å². The number of para-hydroxylation sites is 1. The Bertz CT molecular complexity index is 539.